The normalized spacial score (nSPS) is 25.2. The number of esters is 1. The summed E-state index contributed by atoms with van der Waals surface area (Å²) in [5.41, 5.74) is -1.70. The van der Waals surface area contributed by atoms with Crippen molar-refractivity contribution in [3.05, 3.63) is 11.3 Å². The molecule has 2 aliphatic rings. The zero-order valence-corrected chi connectivity index (χ0v) is 17.6. The molecule has 1 N–H and O–H groups in total. The number of nitrogens with one attached hydrogen (secondary N) is 1. The van der Waals surface area contributed by atoms with Gasteiger partial charge in [0.05, 0.1) is 11.7 Å². The fourth-order valence-electron chi connectivity index (χ4n) is 2.49. The first-order valence-corrected chi connectivity index (χ1v) is 7.65. The van der Waals surface area contributed by atoms with E-state index in [1.54, 1.807) is 0 Å². The maximum absolute atomic E-state index is 12.4. The van der Waals surface area contributed by atoms with Crippen molar-refractivity contribution >= 4 is 35.5 Å². The molecule has 0 aromatic rings. The van der Waals surface area contributed by atoms with Crippen LogP contribution in [0.25, 0.3) is 0 Å². The third kappa shape index (κ3) is 3.71. The molecule has 2 rings (SSSR count). The van der Waals surface area contributed by atoms with Crippen LogP contribution in [0.15, 0.2) is 11.3 Å². The van der Waals surface area contributed by atoms with E-state index in [1.165, 1.54) is 32.7 Å². The average molecular weight is 382 g/mol. The average Bonchev–Trinajstić information content (AvgIpc) is 2.48. The van der Waals surface area contributed by atoms with E-state index >= 15 is 0 Å². The summed E-state index contributed by atoms with van der Waals surface area (Å²) in [5, 5.41) is 13.1. The van der Waals surface area contributed by atoms with Crippen LogP contribution in [0.2, 0.25) is 0 Å². The summed E-state index contributed by atoms with van der Waals surface area (Å²) in [5.74, 6) is -3.13. The van der Waals surface area contributed by atoms with Crippen molar-refractivity contribution < 1.29 is 85.1 Å². The smallest absolute Gasteiger partial charge is 0.543 e. The molecule has 0 unspecified atom stereocenters. The van der Waals surface area contributed by atoms with Crippen molar-refractivity contribution in [1.82, 2.24) is 10.2 Å². The number of carbonyl (C=O) groups excluding carboxylic acids is 4. The van der Waals surface area contributed by atoms with Gasteiger partial charge in [0.15, 0.2) is 0 Å². The predicted molar refractivity (Wildman–Crippen MR) is 75.3 cm³/mol. The van der Waals surface area contributed by atoms with Crippen LogP contribution in [0.4, 0.5) is 0 Å². The van der Waals surface area contributed by atoms with Crippen LogP contribution < -0.4 is 61.8 Å². The minimum Gasteiger partial charge on any atom is -0.543 e. The molecule has 0 spiro atoms. The summed E-state index contributed by atoms with van der Waals surface area (Å²) < 4.78 is 9.97. The van der Waals surface area contributed by atoms with E-state index in [2.05, 4.69) is 5.32 Å². The van der Waals surface area contributed by atoms with Gasteiger partial charge in [-0.05, 0) is 0 Å². The first-order chi connectivity index (χ1) is 10.7. The van der Waals surface area contributed by atoms with Gasteiger partial charge >= 0.3 is 57.4 Å². The molecule has 0 aromatic heterocycles. The molecule has 0 radical (unpaired) electrons. The number of methoxy groups -OCH3 is 1. The van der Waals surface area contributed by atoms with Crippen LogP contribution in [-0.2, 0) is 28.7 Å². The third-order valence-electron chi connectivity index (χ3n) is 3.44. The number of ether oxygens (including phenoxy) is 2. The Balaban J connectivity index is 0.00000288. The van der Waals surface area contributed by atoms with Gasteiger partial charge in [0.1, 0.15) is 12.0 Å². The molecule has 1 fully saturated rings. The van der Waals surface area contributed by atoms with Gasteiger partial charge in [-0.2, -0.15) is 0 Å². The van der Waals surface area contributed by atoms with Crippen molar-refractivity contribution in [2.75, 3.05) is 19.5 Å². The van der Waals surface area contributed by atoms with Crippen LogP contribution in [0.3, 0.4) is 0 Å². The molecule has 0 aliphatic carbocycles. The first kappa shape index (κ1) is 21.6. The van der Waals surface area contributed by atoms with Crippen LogP contribution in [-0.4, -0.2) is 59.2 Å². The molecule has 0 aromatic carbocycles. The van der Waals surface area contributed by atoms with Gasteiger partial charge in [0.25, 0.3) is 11.6 Å². The molecule has 1 saturated heterocycles. The van der Waals surface area contributed by atoms with E-state index in [1.807, 2.05) is 0 Å². The van der Waals surface area contributed by atoms with E-state index in [0.717, 1.165) is 4.90 Å². The molecule has 126 valence electrons. The predicted octanol–water partition coefficient (Wildman–Crippen LogP) is -5.05. The first-order valence-electron chi connectivity index (χ1n) is 6.60. The Kier molecular flexibility index (Phi) is 7.47. The molecule has 2 aliphatic heterocycles. The van der Waals surface area contributed by atoms with Crippen molar-refractivity contribution in [3.63, 3.8) is 0 Å². The Morgan fingerprint density at radius 1 is 1.42 bits per heavy atom. The second-order valence-electron chi connectivity index (χ2n) is 4.98. The van der Waals surface area contributed by atoms with E-state index in [4.69, 9.17) is 9.47 Å². The van der Waals surface area contributed by atoms with Gasteiger partial charge in [-0.3, -0.25) is 19.3 Å². The van der Waals surface area contributed by atoms with E-state index in [9.17, 15) is 24.3 Å². The van der Waals surface area contributed by atoms with Crippen molar-refractivity contribution in [1.29, 1.82) is 0 Å². The van der Waals surface area contributed by atoms with Crippen molar-refractivity contribution in [3.8, 4) is 0 Å². The zero-order chi connectivity index (χ0) is 17.4. The third-order valence-corrected chi connectivity index (χ3v) is 4.81. The number of β-lactam (4-membered cyclic amide) rings is 1. The number of carbonyl (C=O) groups is 4. The van der Waals surface area contributed by atoms with E-state index in [0.29, 0.717) is 0 Å². The maximum Gasteiger partial charge on any atom is 1.00 e. The van der Waals surface area contributed by atoms with Crippen molar-refractivity contribution in [2.45, 2.75) is 24.9 Å². The molecular formula is C13H15KN2O7S. The fourth-order valence-corrected chi connectivity index (χ4v) is 3.91. The zero-order valence-electron chi connectivity index (χ0n) is 13.7. The minimum atomic E-state index is -1.61. The topological polar surface area (TPSA) is 125 Å². The molecule has 2 amide bonds. The number of nitrogens with zero attached hydrogens (tertiary/aromatic N) is 1. The number of carboxylic acids is 1. The van der Waals surface area contributed by atoms with Crippen LogP contribution >= 0.6 is 11.8 Å². The Hall–Kier alpha value is -0.434. The second-order valence-corrected chi connectivity index (χ2v) is 6.05. The van der Waals surface area contributed by atoms with Crippen LogP contribution in [0.5, 0.6) is 0 Å². The number of aliphatic carboxylic acids is 1. The standard InChI is InChI=1S/C13H16N2O7S.K/c1-6(16)14-13(21-3)11(20)15-9(10(18)19)8(4-22-7(2)17)5-23-12(13)15;/h12H,4-5H2,1-3H3,(H,14,16)(H,18,19);/q;+1/p-1/t12-,13-;/m1./s1. The number of hydrogen-bond donors (Lipinski definition) is 1. The summed E-state index contributed by atoms with van der Waals surface area (Å²) in [6.45, 7) is 2.17. The van der Waals surface area contributed by atoms with Crippen molar-refractivity contribution in [2.24, 2.45) is 0 Å². The Morgan fingerprint density at radius 3 is 2.50 bits per heavy atom. The van der Waals surface area contributed by atoms with Gasteiger partial charge in [-0.15, -0.1) is 11.8 Å². The number of amides is 2. The molecule has 2 heterocycles. The summed E-state index contributed by atoms with van der Waals surface area (Å²) in [7, 11) is 1.25. The fraction of sp³-hybridized carbons (Fsp3) is 0.538. The van der Waals surface area contributed by atoms with Crippen LogP contribution in [0.1, 0.15) is 13.8 Å². The largest absolute Gasteiger partial charge is 1.00 e. The molecule has 0 saturated carbocycles. The molecule has 11 heteroatoms. The van der Waals surface area contributed by atoms with E-state index in [-0.39, 0.29) is 75.0 Å². The number of thioether (sulfide) groups is 1. The quantitative estimate of drug-likeness (QED) is 0.217. The number of hydrogen-bond acceptors (Lipinski definition) is 8. The maximum atomic E-state index is 12.4. The van der Waals surface area contributed by atoms with Crippen LogP contribution in [0, 0.1) is 0 Å². The van der Waals surface area contributed by atoms with Gasteiger partial charge in [-0.1, -0.05) is 0 Å². The molecule has 9 nitrogen and oxygen atoms in total. The van der Waals surface area contributed by atoms with Gasteiger partial charge in [0, 0.05) is 32.3 Å². The minimum absolute atomic E-state index is 0. The Labute approximate surface area is 184 Å². The summed E-state index contributed by atoms with van der Waals surface area (Å²) in [6, 6.07) is 0. The Bertz CT molecular complexity index is 623. The second kappa shape index (κ2) is 8.30. The summed E-state index contributed by atoms with van der Waals surface area (Å²) >= 11 is 1.20. The monoisotopic (exact) mass is 382 g/mol. The summed E-state index contributed by atoms with van der Waals surface area (Å²) in [4.78, 5) is 47.1. The molecule has 2 atom stereocenters. The summed E-state index contributed by atoms with van der Waals surface area (Å²) in [6.07, 6.45) is 0. The van der Waals surface area contributed by atoms with Gasteiger partial charge in [-0.25, -0.2) is 0 Å². The molecular weight excluding hydrogens is 367 g/mol. The number of rotatable bonds is 5. The number of fused-ring (bicyclic) bond motifs is 1. The van der Waals surface area contributed by atoms with Gasteiger partial charge in [0.2, 0.25) is 5.91 Å². The van der Waals surface area contributed by atoms with E-state index < -0.39 is 34.9 Å². The SMILES string of the molecule is CO[C@]1(NC(C)=O)C(=O)N2C(C(=O)[O-])=C(COC(C)=O)CS[C@@H]21.[K+]. The number of carboxylic acid groups (broad SMARTS) is 1. The molecule has 0 bridgehead atoms. The van der Waals surface area contributed by atoms with Gasteiger partial charge < -0.3 is 24.7 Å². The molecule has 24 heavy (non-hydrogen) atoms. The Morgan fingerprint density at radius 2 is 2.04 bits per heavy atom.